The van der Waals surface area contributed by atoms with Gasteiger partial charge in [-0.2, -0.15) is 5.10 Å². The van der Waals surface area contributed by atoms with Crippen molar-refractivity contribution in [2.45, 2.75) is 25.7 Å². The van der Waals surface area contributed by atoms with Gasteiger partial charge >= 0.3 is 0 Å². The molecule has 144 valence electrons. The molecule has 0 radical (unpaired) electrons. The van der Waals surface area contributed by atoms with Crippen molar-refractivity contribution in [1.82, 2.24) is 20.3 Å². The van der Waals surface area contributed by atoms with Gasteiger partial charge in [0.1, 0.15) is 0 Å². The predicted octanol–water partition coefficient (Wildman–Crippen LogP) is 2.57. The molecule has 0 aromatic carbocycles. The normalized spacial score (nSPS) is 16.9. The number of rotatable bonds is 3. The van der Waals surface area contributed by atoms with Crippen molar-refractivity contribution in [1.29, 1.82) is 0 Å². The van der Waals surface area contributed by atoms with E-state index in [4.69, 9.17) is 8.94 Å². The smallest absolute Gasteiger partial charge is 0.276 e. The Morgan fingerprint density at radius 1 is 1.00 bits per heavy atom. The first kappa shape index (κ1) is 17.0. The van der Waals surface area contributed by atoms with Gasteiger partial charge in [0.2, 0.25) is 5.76 Å². The van der Waals surface area contributed by atoms with Crippen LogP contribution in [0, 0.1) is 0 Å². The van der Waals surface area contributed by atoms with Crippen molar-refractivity contribution >= 4 is 11.7 Å². The highest BCUT2D eigenvalue weighted by Crippen LogP contribution is 2.24. The third-order valence-electron chi connectivity index (χ3n) is 5.44. The highest BCUT2D eigenvalue weighted by molar-refractivity contribution is 5.93. The second kappa shape index (κ2) is 7.10. The van der Waals surface area contributed by atoms with E-state index in [1.54, 1.807) is 29.4 Å². The number of carbonyl (C=O) groups is 1. The molecule has 2 aliphatic rings. The SMILES string of the molecule is O=C(c1cc(-c2ccco2)on1)N1CCN(c2cc3c(nn2)CCCC3)CC1. The molecule has 1 aliphatic heterocycles. The maximum atomic E-state index is 12.7. The first-order valence-electron chi connectivity index (χ1n) is 9.68. The molecule has 28 heavy (non-hydrogen) atoms. The standard InChI is InChI=1S/C20H21N5O3/c26-20(16-13-18(28-23-16)17-6-3-11-27-17)25-9-7-24(8-10-25)19-12-14-4-1-2-5-15(14)21-22-19/h3,6,11-13H,1-2,4-5,7-10H2. The fraction of sp³-hybridized carbons (Fsp3) is 0.400. The van der Waals surface area contributed by atoms with Gasteiger partial charge in [0.05, 0.1) is 12.0 Å². The Morgan fingerprint density at radius 3 is 2.68 bits per heavy atom. The zero-order valence-corrected chi connectivity index (χ0v) is 15.5. The molecule has 0 saturated carbocycles. The number of fused-ring (bicyclic) bond motifs is 1. The maximum Gasteiger partial charge on any atom is 0.276 e. The molecule has 0 N–H and O–H groups in total. The zero-order valence-electron chi connectivity index (χ0n) is 15.5. The Morgan fingerprint density at radius 2 is 1.86 bits per heavy atom. The van der Waals surface area contributed by atoms with Crippen LogP contribution in [0.1, 0.15) is 34.6 Å². The van der Waals surface area contributed by atoms with Crippen LogP contribution in [0.15, 0.2) is 39.5 Å². The maximum absolute atomic E-state index is 12.7. The molecule has 3 aromatic rings. The lowest BCUT2D eigenvalue weighted by Gasteiger charge is -2.35. The second-order valence-electron chi connectivity index (χ2n) is 7.21. The number of amides is 1. The summed E-state index contributed by atoms with van der Waals surface area (Å²) in [4.78, 5) is 16.7. The summed E-state index contributed by atoms with van der Waals surface area (Å²) in [5.41, 5.74) is 2.76. The molecule has 0 spiro atoms. The first-order valence-corrected chi connectivity index (χ1v) is 9.68. The molecule has 0 bridgehead atoms. The Balaban J connectivity index is 1.24. The summed E-state index contributed by atoms with van der Waals surface area (Å²) in [5.74, 6) is 1.80. The number of carbonyl (C=O) groups excluding carboxylic acids is 1. The van der Waals surface area contributed by atoms with Gasteiger partial charge in [-0.1, -0.05) is 5.16 Å². The molecule has 8 heteroatoms. The molecular weight excluding hydrogens is 358 g/mol. The molecule has 3 aromatic heterocycles. The van der Waals surface area contributed by atoms with Crippen molar-refractivity contribution < 1.29 is 13.7 Å². The van der Waals surface area contributed by atoms with E-state index in [1.807, 2.05) is 0 Å². The minimum absolute atomic E-state index is 0.127. The summed E-state index contributed by atoms with van der Waals surface area (Å²) in [6.45, 7) is 2.67. The van der Waals surface area contributed by atoms with Crippen LogP contribution in [-0.2, 0) is 12.8 Å². The van der Waals surface area contributed by atoms with E-state index in [9.17, 15) is 4.79 Å². The minimum atomic E-state index is -0.127. The molecule has 1 amide bonds. The average molecular weight is 379 g/mol. The minimum Gasteiger partial charge on any atom is -0.461 e. The molecule has 1 fully saturated rings. The van der Waals surface area contributed by atoms with E-state index in [2.05, 4.69) is 26.3 Å². The molecule has 5 rings (SSSR count). The van der Waals surface area contributed by atoms with Crippen LogP contribution in [0.2, 0.25) is 0 Å². The van der Waals surface area contributed by atoms with Crippen molar-refractivity contribution in [3.05, 3.63) is 47.5 Å². The second-order valence-corrected chi connectivity index (χ2v) is 7.21. The highest BCUT2D eigenvalue weighted by atomic mass is 16.5. The largest absolute Gasteiger partial charge is 0.461 e. The summed E-state index contributed by atoms with van der Waals surface area (Å²) in [6.07, 6.45) is 6.09. The van der Waals surface area contributed by atoms with Crippen molar-refractivity contribution in [2.75, 3.05) is 31.1 Å². The lowest BCUT2D eigenvalue weighted by Crippen LogP contribution is -2.49. The molecule has 1 aliphatic carbocycles. The number of anilines is 1. The van der Waals surface area contributed by atoms with Gasteiger partial charge in [-0.3, -0.25) is 4.79 Å². The van der Waals surface area contributed by atoms with Crippen LogP contribution in [0.5, 0.6) is 0 Å². The van der Waals surface area contributed by atoms with E-state index < -0.39 is 0 Å². The quantitative estimate of drug-likeness (QED) is 0.691. The number of piperazine rings is 1. The Hall–Kier alpha value is -3.16. The van der Waals surface area contributed by atoms with Crippen molar-refractivity contribution in [2.24, 2.45) is 0 Å². The van der Waals surface area contributed by atoms with Crippen LogP contribution < -0.4 is 4.90 Å². The number of nitrogens with zero attached hydrogens (tertiary/aromatic N) is 5. The van der Waals surface area contributed by atoms with E-state index in [1.165, 1.54) is 18.4 Å². The van der Waals surface area contributed by atoms with E-state index >= 15 is 0 Å². The third kappa shape index (κ3) is 3.15. The van der Waals surface area contributed by atoms with Crippen LogP contribution in [0.25, 0.3) is 11.5 Å². The molecule has 0 unspecified atom stereocenters. The summed E-state index contributed by atoms with van der Waals surface area (Å²) in [7, 11) is 0. The third-order valence-corrected chi connectivity index (χ3v) is 5.44. The topological polar surface area (TPSA) is 88.5 Å². The monoisotopic (exact) mass is 379 g/mol. The summed E-state index contributed by atoms with van der Waals surface area (Å²) >= 11 is 0. The van der Waals surface area contributed by atoms with Crippen LogP contribution in [0.4, 0.5) is 5.82 Å². The first-order chi connectivity index (χ1) is 13.8. The number of hydrogen-bond donors (Lipinski definition) is 0. The average Bonchev–Trinajstić information content (AvgIpc) is 3.45. The predicted molar refractivity (Wildman–Crippen MR) is 101 cm³/mol. The van der Waals surface area contributed by atoms with Gasteiger partial charge in [-0.25, -0.2) is 0 Å². The van der Waals surface area contributed by atoms with E-state index in [0.717, 1.165) is 37.4 Å². The van der Waals surface area contributed by atoms with E-state index in [-0.39, 0.29) is 5.91 Å². The van der Waals surface area contributed by atoms with Crippen molar-refractivity contribution in [3.63, 3.8) is 0 Å². The number of hydrogen-bond acceptors (Lipinski definition) is 7. The van der Waals surface area contributed by atoms with Crippen LogP contribution >= 0.6 is 0 Å². The lowest BCUT2D eigenvalue weighted by atomic mass is 9.97. The van der Waals surface area contributed by atoms with Gasteiger partial charge in [0.15, 0.2) is 17.3 Å². The fourth-order valence-electron chi connectivity index (χ4n) is 3.84. The van der Waals surface area contributed by atoms with Gasteiger partial charge in [-0.05, 0) is 49.4 Å². The Bertz CT molecular complexity index is 974. The Kier molecular flexibility index (Phi) is 4.31. The molecule has 8 nitrogen and oxygen atoms in total. The Labute approximate surface area is 162 Å². The molecular formula is C20H21N5O3. The van der Waals surface area contributed by atoms with Gasteiger partial charge in [0.25, 0.3) is 5.91 Å². The molecule has 4 heterocycles. The molecule has 0 atom stereocenters. The van der Waals surface area contributed by atoms with E-state index in [0.29, 0.717) is 30.3 Å². The number of aryl methyl sites for hydroxylation is 2. The number of furan rings is 1. The summed E-state index contributed by atoms with van der Waals surface area (Å²) in [6, 6.07) is 7.34. The molecule has 1 saturated heterocycles. The van der Waals surface area contributed by atoms with Crippen LogP contribution in [-0.4, -0.2) is 52.3 Å². The summed E-state index contributed by atoms with van der Waals surface area (Å²) < 4.78 is 10.5. The van der Waals surface area contributed by atoms with Crippen molar-refractivity contribution in [3.8, 4) is 11.5 Å². The summed E-state index contributed by atoms with van der Waals surface area (Å²) in [5, 5.41) is 12.7. The fourth-order valence-corrected chi connectivity index (χ4v) is 3.84. The van der Waals surface area contributed by atoms with Crippen LogP contribution in [0.3, 0.4) is 0 Å². The highest BCUT2D eigenvalue weighted by Gasteiger charge is 2.26. The van der Waals surface area contributed by atoms with Gasteiger partial charge < -0.3 is 18.7 Å². The lowest BCUT2D eigenvalue weighted by molar-refractivity contribution is 0.0736. The number of aromatic nitrogens is 3. The van der Waals surface area contributed by atoms with Gasteiger partial charge in [0, 0.05) is 32.2 Å². The zero-order chi connectivity index (χ0) is 18.9. The van der Waals surface area contributed by atoms with Gasteiger partial charge in [-0.15, -0.1) is 5.10 Å².